The Morgan fingerprint density at radius 1 is 1.12 bits per heavy atom. The monoisotopic (exact) mass is 206 g/mol. The first-order chi connectivity index (χ1) is 3.83. The molecule has 0 aromatic heterocycles. The molecular weight excluding hydrogens is 192 g/mol. The third kappa shape index (κ3) is 1120. The summed E-state index contributed by atoms with van der Waals surface area (Å²) in [4.78, 5) is 0. The average molecular weight is 204 g/mol. The van der Waals surface area contributed by atoms with Crippen molar-refractivity contribution in [2.75, 3.05) is 13.2 Å². The van der Waals surface area contributed by atoms with Crippen molar-refractivity contribution in [1.29, 1.82) is 0 Å². The van der Waals surface area contributed by atoms with Gasteiger partial charge < -0.3 is 10.2 Å². The summed E-state index contributed by atoms with van der Waals surface area (Å²) in [6.45, 7) is 3.86. The predicted molar refractivity (Wildman–Crippen MR) is 26.2 cm³/mol. The van der Waals surface area contributed by atoms with Crippen LogP contribution in [-0.4, -0.2) is 23.4 Å². The van der Waals surface area contributed by atoms with Crippen LogP contribution in [0.5, 0.6) is 0 Å². The van der Waals surface area contributed by atoms with E-state index in [1.165, 1.54) is 0 Å². The molecule has 52 valence electrons. The molecule has 0 rings (SSSR count). The summed E-state index contributed by atoms with van der Waals surface area (Å²) >= 11 is 0.700. The van der Waals surface area contributed by atoms with E-state index in [1.807, 2.05) is 0 Å². The summed E-state index contributed by atoms with van der Waals surface area (Å²) < 4.78 is 8.26. The standard InChI is InChI=1S/2C2H6O.Mo.O/c2*1-2-3;;/h2*3H,2H2,1H3;;. The first-order valence-corrected chi connectivity index (χ1v) is 3.03. The summed E-state index contributed by atoms with van der Waals surface area (Å²) in [5, 5.41) is 15.1. The van der Waals surface area contributed by atoms with Crippen molar-refractivity contribution in [2.24, 2.45) is 0 Å². The van der Waals surface area contributed by atoms with Gasteiger partial charge in [0.05, 0.1) is 0 Å². The zero-order valence-corrected chi connectivity index (χ0v) is 7.13. The molecule has 0 saturated carbocycles. The maximum absolute atomic E-state index is 8.26. The van der Waals surface area contributed by atoms with Gasteiger partial charge in [0.2, 0.25) is 0 Å². The fourth-order valence-electron chi connectivity index (χ4n) is 0. The number of aliphatic hydroxyl groups excluding tert-OH is 2. The van der Waals surface area contributed by atoms with E-state index in [2.05, 4.69) is 0 Å². The summed E-state index contributed by atoms with van der Waals surface area (Å²) in [7, 11) is 0. The number of hydrogen-bond acceptors (Lipinski definition) is 3. The van der Waals surface area contributed by atoms with E-state index in [0.29, 0.717) is 19.8 Å². The van der Waals surface area contributed by atoms with Gasteiger partial charge in [-0.25, -0.2) is 0 Å². The molecule has 0 aromatic rings. The Morgan fingerprint density at radius 2 is 1.12 bits per heavy atom. The Balaban J connectivity index is -0.0000000483. The summed E-state index contributed by atoms with van der Waals surface area (Å²) in [5.41, 5.74) is 0. The van der Waals surface area contributed by atoms with Crippen LogP contribution in [0.3, 0.4) is 0 Å². The predicted octanol–water partition coefficient (Wildman–Crippen LogP) is -0.124. The van der Waals surface area contributed by atoms with Crippen molar-refractivity contribution in [2.45, 2.75) is 13.8 Å². The SMILES string of the molecule is CCO.CCO.[O]=[Mo]. The first kappa shape index (κ1) is 15.8. The molecule has 0 bridgehead atoms. The van der Waals surface area contributed by atoms with Crippen LogP contribution in [0.4, 0.5) is 0 Å². The fraction of sp³-hybridized carbons (Fsp3) is 1.00. The van der Waals surface area contributed by atoms with Crippen molar-refractivity contribution in [3.8, 4) is 0 Å². The minimum absolute atomic E-state index is 0.250. The number of aliphatic hydroxyl groups is 2. The van der Waals surface area contributed by atoms with Crippen molar-refractivity contribution < 1.29 is 33.4 Å². The molecule has 0 aliphatic carbocycles. The summed E-state index contributed by atoms with van der Waals surface area (Å²) in [5.74, 6) is 0. The van der Waals surface area contributed by atoms with Crippen molar-refractivity contribution in [3.05, 3.63) is 0 Å². The fourth-order valence-corrected chi connectivity index (χ4v) is 0. The van der Waals surface area contributed by atoms with E-state index >= 15 is 0 Å². The van der Waals surface area contributed by atoms with E-state index in [-0.39, 0.29) is 13.2 Å². The molecule has 0 amide bonds. The van der Waals surface area contributed by atoms with E-state index in [4.69, 9.17) is 13.6 Å². The maximum atomic E-state index is 8.26. The molecule has 0 atom stereocenters. The second-order valence-corrected chi connectivity index (χ2v) is 0.632. The molecule has 0 aromatic carbocycles. The van der Waals surface area contributed by atoms with Gasteiger partial charge in [0.15, 0.2) is 0 Å². The van der Waals surface area contributed by atoms with Crippen LogP contribution in [0.1, 0.15) is 13.8 Å². The van der Waals surface area contributed by atoms with Crippen LogP contribution >= 0.6 is 0 Å². The molecule has 0 aliphatic rings. The second-order valence-electron chi connectivity index (χ2n) is 0.632. The van der Waals surface area contributed by atoms with E-state index < -0.39 is 0 Å². The first-order valence-electron chi connectivity index (χ1n) is 2.21. The molecule has 4 heteroatoms. The van der Waals surface area contributed by atoms with E-state index in [0.717, 1.165) is 0 Å². The third-order valence-corrected chi connectivity index (χ3v) is 0. The van der Waals surface area contributed by atoms with Gasteiger partial charge in [0.1, 0.15) is 0 Å². The molecule has 3 nitrogen and oxygen atoms in total. The molecule has 0 spiro atoms. The van der Waals surface area contributed by atoms with Crippen molar-refractivity contribution in [3.63, 3.8) is 0 Å². The van der Waals surface area contributed by atoms with Gasteiger partial charge in [-0.15, -0.1) is 0 Å². The van der Waals surface area contributed by atoms with Gasteiger partial charge in [-0.3, -0.25) is 0 Å². The molecular formula is C4H12MoO3. The third-order valence-electron chi connectivity index (χ3n) is 0. The van der Waals surface area contributed by atoms with Gasteiger partial charge in [-0.2, -0.15) is 0 Å². The molecule has 0 heterocycles. The molecule has 0 radical (unpaired) electrons. The van der Waals surface area contributed by atoms with E-state index in [9.17, 15) is 0 Å². The van der Waals surface area contributed by atoms with Gasteiger partial charge in [-0.05, 0) is 13.8 Å². The average Bonchev–Trinajstić information content (AvgIpc) is 1.75. The Labute approximate surface area is 60.9 Å². The molecule has 0 unspecified atom stereocenters. The summed E-state index contributed by atoms with van der Waals surface area (Å²) in [6, 6.07) is 0. The number of rotatable bonds is 0. The van der Waals surface area contributed by atoms with Gasteiger partial charge in [-0.1, -0.05) is 0 Å². The van der Waals surface area contributed by atoms with Crippen molar-refractivity contribution in [1.82, 2.24) is 0 Å². The van der Waals surface area contributed by atoms with Crippen LogP contribution in [-0.2, 0) is 23.2 Å². The van der Waals surface area contributed by atoms with E-state index in [1.54, 1.807) is 13.8 Å². The normalized spacial score (nSPS) is 5.00. The molecule has 2 N–H and O–H groups in total. The second kappa shape index (κ2) is 52.5. The zero-order chi connectivity index (χ0) is 7.41. The minimum atomic E-state index is 0.250. The molecule has 0 aliphatic heterocycles. The number of hydrogen-bond donors (Lipinski definition) is 2. The summed E-state index contributed by atoms with van der Waals surface area (Å²) in [6.07, 6.45) is 0. The van der Waals surface area contributed by atoms with Gasteiger partial charge >= 0.3 is 23.2 Å². The molecule has 0 saturated heterocycles. The molecule has 0 fully saturated rings. The topological polar surface area (TPSA) is 57.5 Å². The van der Waals surface area contributed by atoms with Gasteiger partial charge in [0.25, 0.3) is 0 Å². The van der Waals surface area contributed by atoms with Crippen LogP contribution in [0.2, 0.25) is 0 Å². The zero-order valence-electron chi connectivity index (χ0n) is 5.13. The molecule has 8 heavy (non-hydrogen) atoms. The van der Waals surface area contributed by atoms with Crippen LogP contribution in [0.15, 0.2) is 0 Å². The Bertz CT molecular complexity index is 18.8. The Morgan fingerprint density at radius 3 is 1.12 bits per heavy atom. The van der Waals surface area contributed by atoms with Crippen LogP contribution < -0.4 is 0 Å². The Kier molecular flexibility index (Phi) is 103. The van der Waals surface area contributed by atoms with Gasteiger partial charge in [0, 0.05) is 13.2 Å². The Hall–Kier alpha value is 0.408. The quantitative estimate of drug-likeness (QED) is 0.540. The van der Waals surface area contributed by atoms with Crippen LogP contribution in [0, 0.1) is 0 Å². The van der Waals surface area contributed by atoms with Crippen molar-refractivity contribution >= 4 is 0 Å². The van der Waals surface area contributed by atoms with Crippen LogP contribution in [0.25, 0.3) is 0 Å².